The molecule has 1 heterocycles. The summed E-state index contributed by atoms with van der Waals surface area (Å²) in [7, 11) is 1.81. The molecule has 7 heteroatoms. The van der Waals surface area contributed by atoms with Crippen LogP contribution in [0.2, 0.25) is 0 Å². The molecule has 1 aromatic carbocycles. The van der Waals surface area contributed by atoms with Crippen molar-refractivity contribution in [1.29, 1.82) is 5.26 Å². The maximum atomic E-state index is 11.9. The Kier molecular flexibility index (Phi) is 6.14. The number of likely N-dealkylation sites (N-methyl/N-ethyl adjacent to an activating group) is 1. The zero-order chi connectivity index (χ0) is 18.4. The standard InChI is InChI=1S/C18H23N5O2/c1-4-9-20-16(24)11-23(3)12(2)17(25)13(10-19)18-21-14-7-5-6-8-15(14)22-18/h5-8,12,25H,4,9,11H2,1-3H3,(H,20,24)(H,21,22)/p+1/b17-13-/t12-/m0/s1. The highest BCUT2D eigenvalue weighted by atomic mass is 16.3. The number of amides is 1. The molecule has 1 amide bonds. The van der Waals surface area contributed by atoms with Crippen LogP contribution in [0.5, 0.6) is 0 Å². The number of allylic oxidation sites excluding steroid dienone is 1. The monoisotopic (exact) mass is 342 g/mol. The van der Waals surface area contributed by atoms with Gasteiger partial charge in [0.1, 0.15) is 17.7 Å². The Morgan fingerprint density at radius 3 is 2.84 bits per heavy atom. The number of para-hydroxylation sites is 2. The first-order valence-electron chi connectivity index (χ1n) is 8.35. The number of H-pyrrole nitrogens is 1. The summed E-state index contributed by atoms with van der Waals surface area (Å²) in [5.41, 5.74) is 1.62. The molecule has 132 valence electrons. The third-order valence-electron chi connectivity index (χ3n) is 4.16. The molecule has 0 radical (unpaired) electrons. The summed E-state index contributed by atoms with van der Waals surface area (Å²) in [5, 5.41) is 22.9. The summed E-state index contributed by atoms with van der Waals surface area (Å²) in [5.74, 6) is 0.167. The van der Waals surface area contributed by atoms with Crippen LogP contribution >= 0.6 is 0 Å². The average molecular weight is 342 g/mol. The van der Waals surface area contributed by atoms with Crippen LogP contribution in [0.1, 0.15) is 26.1 Å². The van der Waals surface area contributed by atoms with Crippen molar-refractivity contribution in [2.24, 2.45) is 0 Å². The van der Waals surface area contributed by atoms with E-state index in [4.69, 9.17) is 0 Å². The molecule has 0 aliphatic carbocycles. The Hall–Kier alpha value is -2.85. The van der Waals surface area contributed by atoms with Crippen molar-refractivity contribution >= 4 is 22.5 Å². The van der Waals surface area contributed by atoms with Gasteiger partial charge >= 0.3 is 0 Å². The number of rotatable bonds is 7. The molecule has 0 spiro atoms. The molecule has 0 aliphatic heterocycles. The lowest BCUT2D eigenvalue weighted by Gasteiger charge is -2.21. The van der Waals surface area contributed by atoms with E-state index in [0.29, 0.717) is 12.4 Å². The van der Waals surface area contributed by atoms with Gasteiger partial charge < -0.3 is 20.3 Å². The minimum atomic E-state index is -0.421. The SMILES string of the molecule is CCCNC(=O)C[NH+](C)[C@@H](C)/C(O)=C(\C#N)c1nc2ccccc2[nH]1. The van der Waals surface area contributed by atoms with Crippen LogP contribution in [0.15, 0.2) is 30.0 Å². The number of nitrogens with one attached hydrogen (secondary N) is 3. The zero-order valence-corrected chi connectivity index (χ0v) is 14.8. The summed E-state index contributed by atoms with van der Waals surface area (Å²) < 4.78 is 0. The topological polar surface area (TPSA) is 106 Å². The number of benzene rings is 1. The summed E-state index contributed by atoms with van der Waals surface area (Å²) >= 11 is 0. The number of aliphatic hydroxyl groups is 1. The van der Waals surface area contributed by atoms with E-state index in [1.807, 2.05) is 37.3 Å². The lowest BCUT2D eigenvalue weighted by atomic mass is 10.1. The van der Waals surface area contributed by atoms with Gasteiger partial charge in [-0.1, -0.05) is 19.1 Å². The van der Waals surface area contributed by atoms with Crippen molar-refractivity contribution in [3.8, 4) is 6.07 Å². The molecule has 0 bridgehead atoms. The number of nitriles is 1. The molecular weight excluding hydrogens is 318 g/mol. The smallest absolute Gasteiger partial charge is 0.275 e. The third-order valence-corrected chi connectivity index (χ3v) is 4.16. The summed E-state index contributed by atoms with van der Waals surface area (Å²) in [6, 6.07) is 9.02. The van der Waals surface area contributed by atoms with E-state index >= 15 is 0 Å². The second-order valence-electron chi connectivity index (χ2n) is 6.07. The number of nitrogens with zero attached hydrogens (tertiary/aromatic N) is 2. The van der Waals surface area contributed by atoms with Crippen LogP contribution in [-0.4, -0.2) is 47.2 Å². The zero-order valence-electron chi connectivity index (χ0n) is 14.8. The fourth-order valence-electron chi connectivity index (χ4n) is 2.49. The highest BCUT2D eigenvalue weighted by Crippen LogP contribution is 2.19. The number of aromatic nitrogens is 2. The normalized spacial score (nSPS) is 14.5. The Labute approximate surface area is 147 Å². The van der Waals surface area contributed by atoms with Crippen molar-refractivity contribution < 1.29 is 14.8 Å². The maximum Gasteiger partial charge on any atom is 0.275 e. The summed E-state index contributed by atoms with van der Waals surface area (Å²) in [6.07, 6.45) is 0.871. The molecule has 2 aromatic rings. The van der Waals surface area contributed by atoms with Crippen molar-refractivity contribution in [1.82, 2.24) is 15.3 Å². The number of hydrogen-bond acceptors (Lipinski definition) is 4. The number of aliphatic hydroxyl groups excluding tert-OH is 1. The van der Waals surface area contributed by atoms with Gasteiger partial charge in [0, 0.05) is 6.54 Å². The number of carbonyl (C=O) groups is 1. The Bertz CT molecular complexity index is 785. The maximum absolute atomic E-state index is 11.9. The molecule has 1 unspecified atom stereocenters. The molecule has 0 fully saturated rings. The molecule has 4 N–H and O–H groups in total. The predicted octanol–water partition coefficient (Wildman–Crippen LogP) is 0.785. The van der Waals surface area contributed by atoms with Crippen LogP contribution in [-0.2, 0) is 4.79 Å². The first-order chi connectivity index (χ1) is 12.0. The molecule has 0 aliphatic rings. The van der Waals surface area contributed by atoms with Gasteiger partial charge in [0.05, 0.1) is 18.1 Å². The molecule has 2 atom stereocenters. The van der Waals surface area contributed by atoms with Crippen LogP contribution in [0.25, 0.3) is 16.6 Å². The quantitative estimate of drug-likeness (QED) is 0.441. The van der Waals surface area contributed by atoms with Gasteiger partial charge in [-0.05, 0) is 25.5 Å². The number of imidazole rings is 1. The highest BCUT2D eigenvalue weighted by molar-refractivity contribution is 5.83. The van der Waals surface area contributed by atoms with E-state index in [0.717, 1.165) is 22.4 Å². The highest BCUT2D eigenvalue weighted by Gasteiger charge is 2.25. The van der Waals surface area contributed by atoms with E-state index in [1.165, 1.54) is 0 Å². The van der Waals surface area contributed by atoms with Gasteiger partial charge in [-0.15, -0.1) is 0 Å². The van der Waals surface area contributed by atoms with Gasteiger partial charge in [0.25, 0.3) is 5.91 Å². The van der Waals surface area contributed by atoms with Gasteiger partial charge in [-0.2, -0.15) is 5.26 Å². The van der Waals surface area contributed by atoms with E-state index in [9.17, 15) is 15.2 Å². The first-order valence-corrected chi connectivity index (χ1v) is 8.35. The lowest BCUT2D eigenvalue weighted by Crippen LogP contribution is -3.14. The number of carbonyl (C=O) groups excluding carboxylic acids is 1. The molecule has 0 saturated carbocycles. The molecule has 0 saturated heterocycles. The van der Waals surface area contributed by atoms with Gasteiger partial charge in [0.2, 0.25) is 0 Å². The molecular formula is C18H24N5O2+. The van der Waals surface area contributed by atoms with Crippen LogP contribution in [0.4, 0.5) is 0 Å². The largest absolute Gasteiger partial charge is 0.505 e. The molecule has 1 aromatic heterocycles. The van der Waals surface area contributed by atoms with E-state index < -0.39 is 6.04 Å². The Morgan fingerprint density at radius 2 is 2.20 bits per heavy atom. The minimum Gasteiger partial charge on any atom is -0.505 e. The summed E-state index contributed by atoms with van der Waals surface area (Å²) in [6.45, 7) is 4.60. The minimum absolute atomic E-state index is 0.0812. The molecule has 25 heavy (non-hydrogen) atoms. The Morgan fingerprint density at radius 1 is 1.48 bits per heavy atom. The Balaban J connectivity index is 2.22. The number of aromatic amines is 1. The number of fused-ring (bicyclic) bond motifs is 1. The van der Waals surface area contributed by atoms with E-state index in [-0.39, 0.29) is 23.8 Å². The van der Waals surface area contributed by atoms with Crippen LogP contribution in [0.3, 0.4) is 0 Å². The predicted molar refractivity (Wildman–Crippen MR) is 95.8 cm³/mol. The fraction of sp³-hybridized carbons (Fsp3) is 0.389. The molecule has 2 rings (SSSR count). The summed E-state index contributed by atoms with van der Waals surface area (Å²) in [4.78, 5) is 20.1. The van der Waals surface area contributed by atoms with E-state index in [2.05, 4.69) is 15.3 Å². The van der Waals surface area contributed by atoms with Crippen molar-refractivity contribution in [3.05, 3.63) is 35.8 Å². The second kappa shape index (κ2) is 8.31. The van der Waals surface area contributed by atoms with Crippen LogP contribution in [0, 0.1) is 11.3 Å². The lowest BCUT2D eigenvalue weighted by molar-refractivity contribution is -0.891. The van der Waals surface area contributed by atoms with Crippen LogP contribution < -0.4 is 10.2 Å². The average Bonchev–Trinajstić information content (AvgIpc) is 3.03. The van der Waals surface area contributed by atoms with Gasteiger partial charge in [-0.3, -0.25) is 4.79 Å². The number of quaternary nitrogens is 1. The second-order valence-corrected chi connectivity index (χ2v) is 6.07. The third kappa shape index (κ3) is 4.37. The fourth-order valence-corrected chi connectivity index (χ4v) is 2.49. The van der Waals surface area contributed by atoms with Crippen molar-refractivity contribution in [3.63, 3.8) is 0 Å². The van der Waals surface area contributed by atoms with E-state index in [1.54, 1.807) is 14.0 Å². The van der Waals surface area contributed by atoms with Crippen molar-refractivity contribution in [2.45, 2.75) is 26.3 Å². The number of hydrogen-bond donors (Lipinski definition) is 4. The van der Waals surface area contributed by atoms with Crippen molar-refractivity contribution in [2.75, 3.05) is 20.1 Å². The molecule has 7 nitrogen and oxygen atoms in total. The van der Waals surface area contributed by atoms with Gasteiger partial charge in [0.15, 0.2) is 18.1 Å². The first kappa shape index (κ1) is 18.5. The van der Waals surface area contributed by atoms with Gasteiger partial charge in [-0.25, -0.2) is 4.98 Å².